The summed E-state index contributed by atoms with van der Waals surface area (Å²) in [6, 6.07) is 14.8. The van der Waals surface area contributed by atoms with Gasteiger partial charge >= 0.3 is 0 Å². The van der Waals surface area contributed by atoms with Crippen molar-refractivity contribution >= 4 is 27.5 Å². The number of aryl methyl sites for hydroxylation is 1. The highest BCUT2D eigenvalue weighted by Gasteiger charge is 2.32. The zero-order valence-electron chi connectivity index (χ0n) is 15.9. The summed E-state index contributed by atoms with van der Waals surface area (Å²) in [5.41, 5.74) is 2.89. The average Bonchev–Trinajstić information content (AvgIpc) is 2.69. The Balaban J connectivity index is 1.58. The van der Waals surface area contributed by atoms with Crippen molar-refractivity contribution in [2.24, 2.45) is 5.92 Å². The molecular weight excluding hydrogens is 396 g/mol. The van der Waals surface area contributed by atoms with E-state index in [-0.39, 0.29) is 24.1 Å². The van der Waals surface area contributed by atoms with Gasteiger partial charge in [0.2, 0.25) is 15.9 Å². The minimum Gasteiger partial charge on any atom is -0.352 e. The summed E-state index contributed by atoms with van der Waals surface area (Å²) in [7, 11) is -3.48. The number of hydrogen-bond donors (Lipinski definition) is 1. The summed E-state index contributed by atoms with van der Waals surface area (Å²) in [5.74, 6) is -0.492. The van der Waals surface area contributed by atoms with Crippen LogP contribution in [0.15, 0.2) is 48.5 Å². The second-order valence-corrected chi connectivity index (χ2v) is 9.69. The van der Waals surface area contributed by atoms with Gasteiger partial charge in [0, 0.05) is 24.7 Å². The van der Waals surface area contributed by atoms with Crippen LogP contribution in [0.1, 0.15) is 29.5 Å². The number of hydrogen-bond acceptors (Lipinski definition) is 3. The standard InChI is InChI=1S/C21H25ClN2O3S/c1-16-4-6-17(7-5-16)13-23-21(25)19-3-2-12-24(14-19)28(26,27)15-18-8-10-20(22)11-9-18/h4-11,19H,2-3,12-15H2,1H3,(H,23,25). The van der Waals surface area contributed by atoms with Gasteiger partial charge in [-0.2, -0.15) is 0 Å². The number of carbonyl (C=O) groups is 1. The zero-order chi connectivity index (χ0) is 20.1. The van der Waals surface area contributed by atoms with Gasteiger partial charge in [-0.15, -0.1) is 0 Å². The molecule has 0 aliphatic carbocycles. The van der Waals surface area contributed by atoms with Crippen molar-refractivity contribution in [2.75, 3.05) is 13.1 Å². The maximum Gasteiger partial charge on any atom is 0.224 e. The molecule has 2 aromatic rings. The van der Waals surface area contributed by atoms with Crippen LogP contribution in [0.25, 0.3) is 0 Å². The van der Waals surface area contributed by atoms with Crippen molar-refractivity contribution in [3.63, 3.8) is 0 Å². The molecule has 0 saturated carbocycles. The van der Waals surface area contributed by atoms with Crippen LogP contribution < -0.4 is 5.32 Å². The largest absolute Gasteiger partial charge is 0.352 e. The van der Waals surface area contributed by atoms with Gasteiger partial charge < -0.3 is 5.32 Å². The number of halogens is 1. The van der Waals surface area contributed by atoms with Gasteiger partial charge in [-0.1, -0.05) is 53.6 Å². The summed E-state index contributed by atoms with van der Waals surface area (Å²) in [5, 5.41) is 3.51. The van der Waals surface area contributed by atoms with Crippen LogP contribution in [0.5, 0.6) is 0 Å². The van der Waals surface area contributed by atoms with Gasteiger partial charge in [0.25, 0.3) is 0 Å². The Bertz CT molecular complexity index is 912. The van der Waals surface area contributed by atoms with Gasteiger partial charge in [-0.25, -0.2) is 12.7 Å². The minimum absolute atomic E-state index is 0.0815. The second-order valence-electron chi connectivity index (χ2n) is 7.28. The molecule has 28 heavy (non-hydrogen) atoms. The SMILES string of the molecule is Cc1ccc(CNC(=O)C2CCCN(S(=O)(=O)Cc3ccc(Cl)cc3)C2)cc1. The first kappa shape index (κ1) is 20.8. The first-order chi connectivity index (χ1) is 13.3. The Labute approximate surface area is 171 Å². The molecule has 2 aromatic carbocycles. The van der Waals surface area contributed by atoms with E-state index in [2.05, 4.69) is 5.32 Å². The van der Waals surface area contributed by atoms with Crippen LogP contribution >= 0.6 is 11.6 Å². The molecule has 5 nitrogen and oxygen atoms in total. The predicted molar refractivity (Wildman–Crippen MR) is 111 cm³/mol. The molecule has 1 aliphatic heterocycles. The van der Waals surface area contributed by atoms with Crippen LogP contribution in [-0.2, 0) is 27.1 Å². The molecule has 1 unspecified atom stereocenters. The van der Waals surface area contributed by atoms with Gasteiger partial charge in [0.05, 0.1) is 11.7 Å². The quantitative estimate of drug-likeness (QED) is 0.777. The topological polar surface area (TPSA) is 66.5 Å². The smallest absolute Gasteiger partial charge is 0.224 e. The van der Waals surface area contributed by atoms with Crippen LogP contribution in [0.4, 0.5) is 0 Å². The molecule has 1 atom stereocenters. The molecule has 0 radical (unpaired) electrons. The van der Waals surface area contributed by atoms with Gasteiger partial charge in [-0.05, 0) is 43.0 Å². The van der Waals surface area contributed by atoms with Crippen molar-refractivity contribution in [1.29, 1.82) is 0 Å². The van der Waals surface area contributed by atoms with E-state index < -0.39 is 10.0 Å². The molecule has 150 valence electrons. The fraction of sp³-hybridized carbons (Fsp3) is 0.381. The lowest BCUT2D eigenvalue weighted by molar-refractivity contribution is -0.126. The third-order valence-corrected chi connectivity index (χ3v) is 7.07. The number of benzene rings is 2. The van der Waals surface area contributed by atoms with Crippen molar-refractivity contribution in [3.8, 4) is 0 Å². The Morgan fingerprint density at radius 2 is 1.75 bits per heavy atom. The number of piperidine rings is 1. The summed E-state index contributed by atoms with van der Waals surface area (Å²) < 4.78 is 27.0. The minimum atomic E-state index is -3.48. The lowest BCUT2D eigenvalue weighted by Crippen LogP contribution is -2.45. The Morgan fingerprint density at radius 1 is 1.11 bits per heavy atom. The van der Waals surface area contributed by atoms with E-state index in [9.17, 15) is 13.2 Å². The molecular formula is C21H25ClN2O3S. The van der Waals surface area contributed by atoms with E-state index in [1.165, 1.54) is 9.87 Å². The van der Waals surface area contributed by atoms with E-state index in [0.29, 0.717) is 36.5 Å². The van der Waals surface area contributed by atoms with Crippen molar-refractivity contribution in [3.05, 3.63) is 70.2 Å². The lowest BCUT2D eigenvalue weighted by atomic mass is 9.98. The van der Waals surface area contributed by atoms with E-state index in [0.717, 1.165) is 5.56 Å². The Kier molecular flexibility index (Phi) is 6.75. The number of nitrogens with zero attached hydrogens (tertiary/aromatic N) is 1. The molecule has 1 heterocycles. The maximum absolute atomic E-state index is 12.8. The van der Waals surface area contributed by atoms with E-state index >= 15 is 0 Å². The lowest BCUT2D eigenvalue weighted by Gasteiger charge is -2.31. The number of nitrogens with one attached hydrogen (secondary N) is 1. The number of carbonyl (C=O) groups excluding carboxylic acids is 1. The van der Waals surface area contributed by atoms with Crippen LogP contribution in [-0.4, -0.2) is 31.7 Å². The summed E-state index contributed by atoms with van der Waals surface area (Å²) >= 11 is 5.86. The predicted octanol–water partition coefficient (Wildman–Crippen LogP) is 3.51. The Morgan fingerprint density at radius 3 is 2.43 bits per heavy atom. The van der Waals surface area contributed by atoms with Gasteiger partial charge in [-0.3, -0.25) is 4.79 Å². The van der Waals surface area contributed by atoms with Crippen LogP contribution in [0, 0.1) is 12.8 Å². The highest BCUT2D eigenvalue weighted by Crippen LogP contribution is 2.22. The molecule has 7 heteroatoms. The molecule has 1 N–H and O–H groups in total. The first-order valence-electron chi connectivity index (χ1n) is 9.39. The van der Waals surface area contributed by atoms with Crippen molar-refractivity contribution in [2.45, 2.75) is 32.1 Å². The molecule has 3 rings (SSSR count). The summed E-state index contributed by atoms with van der Waals surface area (Å²) in [6.45, 7) is 3.16. The van der Waals surface area contributed by atoms with E-state index in [4.69, 9.17) is 11.6 Å². The fourth-order valence-electron chi connectivity index (χ4n) is 3.33. The number of rotatable bonds is 6. The molecule has 0 aromatic heterocycles. The molecule has 0 spiro atoms. The third kappa shape index (κ3) is 5.56. The fourth-order valence-corrected chi connectivity index (χ4v) is 5.07. The van der Waals surface area contributed by atoms with Gasteiger partial charge in [0.15, 0.2) is 0 Å². The highest BCUT2D eigenvalue weighted by atomic mass is 35.5. The maximum atomic E-state index is 12.8. The molecule has 0 bridgehead atoms. The van der Waals surface area contributed by atoms with Gasteiger partial charge in [0.1, 0.15) is 0 Å². The highest BCUT2D eigenvalue weighted by molar-refractivity contribution is 7.88. The van der Waals surface area contributed by atoms with Crippen LogP contribution in [0.3, 0.4) is 0 Å². The normalized spacial score (nSPS) is 18.0. The number of amides is 1. The van der Waals surface area contributed by atoms with Crippen molar-refractivity contribution in [1.82, 2.24) is 9.62 Å². The molecule has 1 saturated heterocycles. The second kappa shape index (κ2) is 9.07. The van der Waals surface area contributed by atoms with E-state index in [1.807, 2.05) is 31.2 Å². The summed E-state index contributed by atoms with van der Waals surface area (Å²) in [4.78, 5) is 12.6. The Hall–Kier alpha value is -1.89. The van der Waals surface area contributed by atoms with Crippen molar-refractivity contribution < 1.29 is 13.2 Å². The van der Waals surface area contributed by atoms with E-state index in [1.54, 1.807) is 24.3 Å². The monoisotopic (exact) mass is 420 g/mol. The summed E-state index contributed by atoms with van der Waals surface area (Å²) in [6.07, 6.45) is 1.38. The molecule has 1 amide bonds. The zero-order valence-corrected chi connectivity index (χ0v) is 17.5. The molecule has 1 fully saturated rings. The number of sulfonamides is 1. The average molecular weight is 421 g/mol. The first-order valence-corrected chi connectivity index (χ1v) is 11.4. The third-order valence-electron chi connectivity index (χ3n) is 5.00. The molecule has 1 aliphatic rings. The van der Waals surface area contributed by atoms with Crippen LogP contribution in [0.2, 0.25) is 5.02 Å².